The van der Waals surface area contributed by atoms with E-state index < -0.39 is 17.7 Å². The Morgan fingerprint density at radius 2 is 1.68 bits per heavy atom. The molecule has 2 heterocycles. The van der Waals surface area contributed by atoms with E-state index in [1.54, 1.807) is 0 Å². The number of piperidine rings is 1. The Hall–Kier alpha value is -2.62. The molecule has 170 valence electrons. The summed E-state index contributed by atoms with van der Waals surface area (Å²) in [6, 6.07) is 9.43. The summed E-state index contributed by atoms with van der Waals surface area (Å²) in [5.74, 6) is -1.74. The van der Waals surface area contributed by atoms with E-state index in [0.29, 0.717) is 13.1 Å². The fraction of sp³-hybridized carbons (Fsp3) is 0.571. The third-order valence-corrected chi connectivity index (χ3v) is 6.01. The first-order valence-corrected chi connectivity index (χ1v) is 10.3. The van der Waals surface area contributed by atoms with Crippen molar-refractivity contribution in [2.45, 2.75) is 37.4 Å². The van der Waals surface area contributed by atoms with Gasteiger partial charge in [0.2, 0.25) is 5.91 Å². The number of carbonyl (C=O) groups is 3. The summed E-state index contributed by atoms with van der Waals surface area (Å²) in [4.78, 5) is 38.5. The van der Waals surface area contributed by atoms with E-state index in [9.17, 15) is 22.8 Å². The van der Waals surface area contributed by atoms with Crippen LogP contribution in [0, 0.1) is 5.92 Å². The average molecular weight is 441 g/mol. The van der Waals surface area contributed by atoms with Crippen molar-refractivity contribution in [2.24, 2.45) is 5.92 Å². The van der Waals surface area contributed by atoms with Crippen LogP contribution in [0.4, 0.5) is 13.2 Å². The van der Waals surface area contributed by atoms with Crippen LogP contribution in [-0.4, -0.2) is 77.1 Å². The zero-order valence-corrected chi connectivity index (χ0v) is 17.0. The number of nitrogens with zero attached hydrogens (tertiary/aromatic N) is 2. The second-order valence-corrected chi connectivity index (χ2v) is 8.14. The van der Waals surface area contributed by atoms with Crippen LogP contribution in [0.5, 0.6) is 0 Å². The number of nitrogens with one attached hydrogen (secondary N) is 1. The zero-order valence-electron chi connectivity index (χ0n) is 17.0. The average Bonchev–Trinajstić information content (AvgIpc) is 3.56. The lowest BCUT2D eigenvalue weighted by molar-refractivity contribution is -0.192. The number of likely N-dealkylation sites (tertiary alicyclic amines) is 1. The molecule has 1 aliphatic carbocycles. The maximum absolute atomic E-state index is 12.7. The lowest BCUT2D eigenvalue weighted by atomic mass is 9.82. The van der Waals surface area contributed by atoms with Gasteiger partial charge in [-0.25, -0.2) is 4.79 Å². The third kappa shape index (κ3) is 5.55. The van der Waals surface area contributed by atoms with Crippen LogP contribution in [0.25, 0.3) is 0 Å². The molecule has 7 nitrogen and oxygen atoms in total. The zero-order chi connectivity index (χ0) is 22.6. The minimum absolute atomic E-state index is 0.0791. The SMILES string of the molecule is O=C(O)C(F)(F)F.O=C(c1ccccc1)N1CCC2(CC1)C(=O)NCCN2CC1CC1. The Labute approximate surface area is 178 Å². The monoisotopic (exact) mass is 441 g/mol. The number of rotatable bonds is 3. The van der Waals surface area contributed by atoms with Crippen molar-refractivity contribution in [1.29, 1.82) is 0 Å². The topological polar surface area (TPSA) is 90.0 Å². The quantitative estimate of drug-likeness (QED) is 0.750. The Morgan fingerprint density at radius 3 is 2.19 bits per heavy atom. The third-order valence-electron chi connectivity index (χ3n) is 6.01. The van der Waals surface area contributed by atoms with Gasteiger partial charge in [-0.15, -0.1) is 0 Å². The smallest absolute Gasteiger partial charge is 0.475 e. The molecule has 1 aromatic rings. The first kappa shape index (κ1) is 23.1. The molecule has 1 aromatic carbocycles. The molecular weight excluding hydrogens is 415 g/mol. The van der Waals surface area contributed by atoms with E-state index >= 15 is 0 Å². The molecule has 2 N–H and O–H groups in total. The molecule has 1 saturated carbocycles. The highest BCUT2D eigenvalue weighted by Crippen LogP contribution is 2.37. The van der Waals surface area contributed by atoms with Crippen LogP contribution >= 0.6 is 0 Å². The highest BCUT2D eigenvalue weighted by molar-refractivity contribution is 5.94. The van der Waals surface area contributed by atoms with Crippen molar-refractivity contribution >= 4 is 17.8 Å². The summed E-state index contributed by atoms with van der Waals surface area (Å²) in [7, 11) is 0. The molecule has 1 spiro atoms. The number of alkyl halides is 3. The van der Waals surface area contributed by atoms with Gasteiger partial charge in [0, 0.05) is 38.3 Å². The van der Waals surface area contributed by atoms with Crippen molar-refractivity contribution in [3.8, 4) is 0 Å². The van der Waals surface area contributed by atoms with Crippen LogP contribution in [0.15, 0.2) is 30.3 Å². The number of halogens is 3. The van der Waals surface area contributed by atoms with Crippen LogP contribution < -0.4 is 5.32 Å². The van der Waals surface area contributed by atoms with E-state index in [1.165, 1.54) is 12.8 Å². The summed E-state index contributed by atoms with van der Waals surface area (Å²) < 4.78 is 31.7. The van der Waals surface area contributed by atoms with Gasteiger partial charge in [-0.2, -0.15) is 13.2 Å². The summed E-state index contributed by atoms with van der Waals surface area (Å²) >= 11 is 0. The standard InChI is InChI=1S/C19H25N3O2.C2HF3O2/c23-17(16-4-2-1-3-5-16)21-11-8-19(9-12-21)18(24)20-10-13-22(19)14-15-6-7-15;3-2(4,5)1(6)7/h1-5,15H,6-14H2,(H,20,24);(H,6,7). The first-order valence-electron chi connectivity index (χ1n) is 10.3. The number of carbonyl (C=O) groups excluding carboxylic acids is 2. The Bertz CT molecular complexity index is 804. The molecule has 3 aliphatic rings. The summed E-state index contributed by atoms with van der Waals surface area (Å²) in [5, 5.41) is 10.2. The predicted octanol–water partition coefficient (Wildman–Crippen LogP) is 2.14. The molecule has 3 fully saturated rings. The van der Waals surface area contributed by atoms with Gasteiger partial charge in [-0.05, 0) is 43.7 Å². The number of piperazine rings is 1. The van der Waals surface area contributed by atoms with Gasteiger partial charge in [0.25, 0.3) is 5.91 Å². The van der Waals surface area contributed by atoms with Crippen molar-refractivity contribution in [3.63, 3.8) is 0 Å². The second kappa shape index (κ2) is 9.25. The fourth-order valence-corrected chi connectivity index (χ4v) is 4.09. The fourth-order valence-electron chi connectivity index (χ4n) is 4.09. The van der Waals surface area contributed by atoms with Gasteiger partial charge in [0.05, 0.1) is 0 Å². The number of carboxylic acids is 1. The lowest BCUT2D eigenvalue weighted by Crippen LogP contribution is -2.68. The highest BCUT2D eigenvalue weighted by atomic mass is 19.4. The number of carboxylic acid groups (broad SMARTS) is 1. The number of benzene rings is 1. The van der Waals surface area contributed by atoms with Gasteiger partial charge in [0.1, 0.15) is 5.54 Å². The molecule has 2 saturated heterocycles. The number of amides is 2. The maximum Gasteiger partial charge on any atom is 0.490 e. The number of hydrogen-bond donors (Lipinski definition) is 2. The molecule has 0 radical (unpaired) electrons. The molecule has 0 bridgehead atoms. The van der Waals surface area contributed by atoms with Crippen LogP contribution in [-0.2, 0) is 9.59 Å². The minimum Gasteiger partial charge on any atom is -0.475 e. The normalized spacial score (nSPS) is 21.1. The molecule has 0 atom stereocenters. The predicted molar refractivity (Wildman–Crippen MR) is 105 cm³/mol. The summed E-state index contributed by atoms with van der Waals surface area (Å²) in [6.45, 7) is 4.04. The maximum atomic E-state index is 12.7. The van der Waals surface area contributed by atoms with Crippen LogP contribution in [0.3, 0.4) is 0 Å². The molecule has 0 unspecified atom stereocenters. The Balaban J connectivity index is 0.000000339. The molecule has 0 aromatic heterocycles. The van der Waals surface area contributed by atoms with Crippen LogP contribution in [0.1, 0.15) is 36.0 Å². The summed E-state index contributed by atoms with van der Waals surface area (Å²) in [5.41, 5.74) is 0.338. The lowest BCUT2D eigenvalue weighted by Gasteiger charge is -2.50. The van der Waals surface area contributed by atoms with E-state index in [4.69, 9.17) is 9.90 Å². The van der Waals surface area contributed by atoms with Gasteiger partial charge in [-0.1, -0.05) is 18.2 Å². The molecular formula is C21H26F3N3O4. The van der Waals surface area contributed by atoms with E-state index in [0.717, 1.165) is 44.0 Å². The number of aliphatic carboxylic acids is 1. The Kier molecular flexibility index (Phi) is 6.88. The number of hydrogen-bond acceptors (Lipinski definition) is 4. The van der Waals surface area contributed by atoms with Gasteiger partial charge < -0.3 is 15.3 Å². The van der Waals surface area contributed by atoms with Crippen LogP contribution in [0.2, 0.25) is 0 Å². The summed E-state index contributed by atoms with van der Waals surface area (Å²) in [6.07, 6.45) is -1.01. The van der Waals surface area contributed by atoms with E-state index in [-0.39, 0.29) is 11.8 Å². The largest absolute Gasteiger partial charge is 0.490 e. The van der Waals surface area contributed by atoms with Crippen molar-refractivity contribution in [2.75, 3.05) is 32.7 Å². The van der Waals surface area contributed by atoms with Gasteiger partial charge >= 0.3 is 12.1 Å². The van der Waals surface area contributed by atoms with Crippen molar-refractivity contribution < 1.29 is 32.7 Å². The van der Waals surface area contributed by atoms with Gasteiger partial charge in [-0.3, -0.25) is 14.5 Å². The van der Waals surface area contributed by atoms with Gasteiger partial charge in [0.15, 0.2) is 0 Å². The molecule has 31 heavy (non-hydrogen) atoms. The van der Waals surface area contributed by atoms with E-state index in [2.05, 4.69) is 10.2 Å². The Morgan fingerprint density at radius 1 is 1.10 bits per heavy atom. The minimum atomic E-state index is -5.08. The second-order valence-electron chi connectivity index (χ2n) is 8.14. The van der Waals surface area contributed by atoms with E-state index in [1.807, 2.05) is 35.2 Å². The molecule has 10 heteroatoms. The molecule has 4 rings (SSSR count). The first-order chi connectivity index (χ1) is 14.6. The highest BCUT2D eigenvalue weighted by Gasteiger charge is 2.49. The molecule has 2 amide bonds. The molecule has 2 aliphatic heterocycles. The van der Waals surface area contributed by atoms with Crippen molar-refractivity contribution in [1.82, 2.24) is 15.1 Å². The van der Waals surface area contributed by atoms with Crippen molar-refractivity contribution in [3.05, 3.63) is 35.9 Å².